The standard InChI is InChI=1S/C9H14N2O3/c12-8-5-14-6-9(13)11(8)2-1-7-3-10-4-7/h7,10H,1-6H2. The number of rotatable bonds is 3. The van der Waals surface area contributed by atoms with E-state index in [-0.39, 0.29) is 25.0 Å². The second kappa shape index (κ2) is 4.06. The van der Waals surface area contributed by atoms with Gasteiger partial charge < -0.3 is 10.1 Å². The molecule has 0 aromatic rings. The van der Waals surface area contributed by atoms with Gasteiger partial charge in [0.1, 0.15) is 13.2 Å². The van der Waals surface area contributed by atoms with Crippen molar-refractivity contribution in [3.63, 3.8) is 0 Å². The third kappa shape index (κ3) is 1.93. The summed E-state index contributed by atoms with van der Waals surface area (Å²) in [5.41, 5.74) is 0. The van der Waals surface area contributed by atoms with E-state index in [0.29, 0.717) is 12.5 Å². The lowest BCUT2D eigenvalue weighted by molar-refractivity contribution is -0.158. The summed E-state index contributed by atoms with van der Waals surface area (Å²) in [6, 6.07) is 0. The minimum Gasteiger partial charge on any atom is -0.362 e. The zero-order valence-electron chi connectivity index (χ0n) is 7.99. The normalized spacial score (nSPS) is 23.9. The molecule has 2 aliphatic heterocycles. The Kier molecular flexibility index (Phi) is 2.79. The summed E-state index contributed by atoms with van der Waals surface area (Å²) in [4.78, 5) is 23.9. The highest BCUT2D eigenvalue weighted by Gasteiger charge is 2.27. The van der Waals surface area contributed by atoms with Crippen LogP contribution in [0.5, 0.6) is 0 Å². The zero-order chi connectivity index (χ0) is 9.97. The Morgan fingerprint density at radius 1 is 1.29 bits per heavy atom. The molecule has 0 radical (unpaired) electrons. The first kappa shape index (κ1) is 9.61. The van der Waals surface area contributed by atoms with E-state index < -0.39 is 0 Å². The van der Waals surface area contributed by atoms with Gasteiger partial charge >= 0.3 is 0 Å². The van der Waals surface area contributed by atoms with E-state index in [1.54, 1.807) is 0 Å². The molecule has 0 saturated carbocycles. The molecule has 2 rings (SSSR count). The van der Waals surface area contributed by atoms with E-state index in [9.17, 15) is 9.59 Å². The van der Waals surface area contributed by atoms with E-state index in [1.165, 1.54) is 4.90 Å². The molecule has 2 heterocycles. The van der Waals surface area contributed by atoms with Crippen LogP contribution in [-0.4, -0.2) is 49.6 Å². The first-order valence-electron chi connectivity index (χ1n) is 4.89. The number of hydrogen-bond acceptors (Lipinski definition) is 4. The molecule has 14 heavy (non-hydrogen) atoms. The van der Waals surface area contributed by atoms with Gasteiger partial charge in [0.2, 0.25) is 0 Å². The second-order valence-electron chi connectivity index (χ2n) is 3.74. The predicted molar refractivity (Wildman–Crippen MR) is 48.5 cm³/mol. The van der Waals surface area contributed by atoms with Crippen LogP contribution in [0.4, 0.5) is 0 Å². The Morgan fingerprint density at radius 2 is 1.93 bits per heavy atom. The fourth-order valence-corrected chi connectivity index (χ4v) is 1.63. The van der Waals surface area contributed by atoms with Crippen molar-refractivity contribution >= 4 is 11.8 Å². The molecule has 2 amide bonds. The number of carbonyl (C=O) groups is 2. The summed E-state index contributed by atoms with van der Waals surface area (Å²) in [6.07, 6.45) is 0.907. The third-order valence-corrected chi connectivity index (χ3v) is 2.68. The van der Waals surface area contributed by atoms with Crippen LogP contribution >= 0.6 is 0 Å². The van der Waals surface area contributed by atoms with Crippen LogP contribution in [0.1, 0.15) is 6.42 Å². The largest absolute Gasteiger partial charge is 0.362 e. The van der Waals surface area contributed by atoms with Crippen molar-refractivity contribution in [2.75, 3.05) is 32.8 Å². The molecule has 0 bridgehead atoms. The maximum absolute atomic E-state index is 11.3. The molecule has 0 spiro atoms. The third-order valence-electron chi connectivity index (χ3n) is 2.68. The average molecular weight is 198 g/mol. The molecular formula is C9H14N2O3. The van der Waals surface area contributed by atoms with Crippen LogP contribution in [-0.2, 0) is 14.3 Å². The van der Waals surface area contributed by atoms with Crippen LogP contribution < -0.4 is 5.32 Å². The molecule has 78 valence electrons. The summed E-state index contributed by atoms with van der Waals surface area (Å²) < 4.78 is 4.82. The Labute approximate surface area is 82.4 Å². The van der Waals surface area contributed by atoms with E-state index in [4.69, 9.17) is 4.74 Å². The SMILES string of the molecule is O=C1COCC(=O)N1CCC1CNC1. The minimum absolute atomic E-state index is 0.0503. The van der Waals surface area contributed by atoms with Gasteiger partial charge in [0.05, 0.1) is 0 Å². The van der Waals surface area contributed by atoms with Crippen LogP contribution in [0, 0.1) is 5.92 Å². The maximum atomic E-state index is 11.3. The first-order chi connectivity index (χ1) is 6.77. The van der Waals surface area contributed by atoms with Gasteiger partial charge in [-0.1, -0.05) is 0 Å². The van der Waals surface area contributed by atoms with Gasteiger partial charge in [-0.05, 0) is 25.4 Å². The fourth-order valence-electron chi connectivity index (χ4n) is 1.63. The second-order valence-corrected chi connectivity index (χ2v) is 3.74. The Morgan fingerprint density at radius 3 is 2.43 bits per heavy atom. The van der Waals surface area contributed by atoms with E-state index in [2.05, 4.69) is 5.32 Å². The summed E-state index contributed by atoms with van der Waals surface area (Å²) in [5, 5.41) is 3.16. The predicted octanol–water partition coefficient (Wildman–Crippen LogP) is -1.02. The highest BCUT2D eigenvalue weighted by atomic mass is 16.5. The Hall–Kier alpha value is -0.940. The molecule has 2 fully saturated rings. The smallest absolute Gasteiger partial charge is 0.255 e. The van der Waals surface area contributed by atoms with E-state index >= 15 is 0 Å². The highest BCUT2D eigenvalue weighted by Crippen LogP contribution is 2.11. The summed E-state index contributed by atoms with van der Waals surface area (Å²) >= 11 is 0. The van der Waals surface area contributed by atoms with Gasteiger partial charge in [-0.15, -0.1) is 0 Å². The number of amides is 2. The molecule has 5 heteroatoms. The lowest BCUT2D eigenvalue weighted by atomic mass is 9.99. The van der Waals surface area contributed by atoms with Gasteiger partial charge in [0, 0.05) is 6.54 Å². The van der Waals surface area contributed by atoms with Crippen molar-refractivity contribution in [3.05, 3.63) is 0 Å². The lowest BCUT2D eigenvalue weighted by Gasteiger charge is -2.30. The molecule has 2 aliphatic rings. The van der Waals surface area contributed by atoms with E-state index in [1.807, 2.05) is 0 Å². The number of ether oxygens (including phenoxy) is 1. The van der Waals surface area contributed by atoms with Gasteiger partial charge in [0.25, 0.3) is 11.8 Å². The number of hydrogen-bond donors (Lipinski definition) is 1. The summed E-state index contributed by atoms with van der Waals surface area (Å²) in [5.74, 6) is 0.223. The molecule has 2 saturated heterocycles. The van der Waals surface area contributed by atoms with Crippen molar-refractivity contribution in [3.8, 4) is 0 Å². The molecule has 5 nitrogen and oxygen atoms in total. The molecule has 0 aliphatic carbocycles. The Bertz CT molecular complexity index is 234. The van der Waals surface area contributed by atoms with Crippen molar-refractivity contribution in [2.24, 2.45) is 5.92 Å². The number of nitrogens with one attached hydrogen (secondary N) is 1. The van der Waals surface area contributed by atoms with Crippen molar-refractivity contribution in [1.82, 2.24) is 10.2 Å². The molecular weight excluding hydrogens is 184 g/mol. The molecule has 0 atom stereocenters. The van der Waals surface area contributed by atoms with E-state index in [0.717, 1.165) is 19.5 Å². The lowest BCUT2D eigenvalue weighted by Crippen LogP contribution is -2.49. The van der Waals surface area contributed by atoms with Gasteiger partial charge in [-0.25, -0.2) is 0 Å². The molecule has 0 aromatic heterocycles. The fraction of sp³-hybridized carbons (Fsp3) is 0.778. The average Bonchev–Trinajstić information content (AvgIpc) is 2.07. The van der Waals surface area contributed by atoms with Crippen molar-refractivity contribution < 1.29 is 14.3 Å². The number of imide groups is 1. The van der Waals surface area contributed by atoms with Gasteiger partial charge in [-0.3, -0.25) is 14.5 Å². The molecule has 0 unspecified atom stereocenters. The zero-order valence-corrected chi connectivity index (χ0v) is 7.99. The van der Waals surface area contributed by atoms with Crippen LogP contribution in [0.15, 0.2) is 0 Å². The monoisotopic (exact) mass is 198 g/mol. The molecule has 0 aromatic carbocycles. The topological polar surface area (TPSA) is 58.6 Å². The Balaban J connectivity index is 1.81. The van der Waals surface area contributed by atoms with Crippen molar-refractivity contribution in [1.29, 1.82) is 0 Å². The quantitative estimate of drug-likeness (QED) is 0.590. The van der Waals surface area contributed by atoms with Gasteiger partial charge in [0.15, 0.2) is 0 Å². The molecule has 1 N–H and O–H groups in total. The van der Waals surface area contributed by atoms with Crippen LogP contribution in [0.3, 0.4) is 0 Å². The summed E-state index contributed by atoms with van der Waals surface area (Å²) in [7, 11) is 0. The van der Waals surface area contributed by atoms with Crippen LogP contribution in [0.2, 0.25) is 0 Å². The van der Waals surface area contributed by atoms with Gasteiger partial charge in [-0.2, -0.15) is 0 Å². The summed E-state index contributed by atoms with van der Waals surface area (Å²) in [6.45, 7) is 2.66. The first-order valence-corrected chi connectivity index (χ1v) is 4.89. The van der Waals surface area contributed by atoms with Crippen LogP contribution in [0.25, 0.3) is 0 Å². The minimum atomic E-state index is -0.200. The van der Waals surface area contributed by atoms with Crippen molar-refractivity contribution in [2.45, 2.75) is 6.42 Å². The maximum Gasteiger partial charge on any atom is 0.255 e. The number of nitrogens with zero attached hydrogens (tertiary/aromatic N) is 1. The number of carbonyl (C=O) groups excluding carboxylic acids is 2. The highest BCUT2D eigenvalue weighted by molar-refractivity contribution is 5.98. The number of morpholine rings is 1.